The topological polar surface area (TPSA) is 160 Å². The van der Waals surface area contributed by atoms with E-state index in [1.54, 1.807) is 11.4 Å². The molecule has 0 atom stereocenters. The molecule has 0 amide bonds. The van der Waals surface area contributed by atoms with Crippen molar-refractivity contribution < 1.29 is 49.0 Å². The Morgan fingerprint density at radius 1 is 0.584 bits per heavy atom. The summed E-state index contributed by atoms with van der Waals surface area (Å²) in [7, 11) is 0. The Balaban J connectivity index is 0.000000224. The lowest BCUT2D eigenvalue weighted by Gasteiger charge is -2.27. The Morgan fingerprint density at radius 2 is 1.04 bits per heavy atom. The molecule has 2 saturated carbocycles. The molecular weight excluding hydrogens is 985 g/mol. The average molecular weight is 1060 g/mol. The lowest BCUT2D eigenvalue weighted by atomic mass is 9.78. The Hall–Kier alpha value is -7.37. The molecule has 0 radical (unpaired) electrons. The fourth-order valence-corrected chi connectivity index (χ4v) is 12.1. The second kappa shape index (κ2) is 24.7. The first-order valence-electron chi connectivity index (χ1n) is 26.8. The highest BCUT2D eigenvalue weighted by molar-refractivity contribution is 7.10. The van der Waals surface area contributed by atoms with E-state index in [4.69, 9.17) is 14.2 Å². The number of thiophene rings is 1. The number of benzene rings is 5. The lowest BCUT2D eigenvalue weighted by Crippen LogP contribution is -2.14. The summed E-state index contributed by atoms with van der Waals surface area (Å²) >= 11 is 1.20. The Labute approximate surface area is 458 Å². The molecule has 77 heavy (non-hydrogen) atoms. The zero-order valence-electron chi connectivity index (χ0n) is 46.2. The summed E-state index contributed by atoms with van der Waals surface area (Å²) < 4.78 is 16.7. The first kappa shape index (κ1) is 57.3. The van der Waals surface area contributed by atoms with Crippen molar-refractivity contribution >= 4 is 29.2 Å². The van der Waals surface area contributed by atoms with Crippen molar-refractivity contribution in [3.8, 4) is 40.2 Å². The molecule has 0 saturated heterocycles. The highest BCUT2D eigenvalue weighted by atomic mass is 32.1. The van der Waals surface area contributed by atoms with Crippen molar-refractivity contribution in [3.63, 3.8) is 0 Å². The van der Waals surface area contributed by atoms with Gasteiger partial charge < -0.3 is 34.6 Å². The number of hydrogen-bond acceptors (Lipinski definition) is 11. The first-order valence-corrected chi connectivity index (χ1v) is 27.7. The van der Waals surface area contributed by atoms with E-state index < -0.39 is 23.8 Å². The number of phenolic OH excluding ortho intramolecular Hbond substituents is 4. The van der Waals surface area contributed by atoms with Gasteiger partial charge in [-0.05, 0) is 155 Å². The second-order valence-corrected chi connectivity index (χ2v) is 22.0. The van der Waals surface area contributed by atoms with Crippen LogP contribution in [0, 0.1) is 34.6 Å². The molecular formula is C66H74O10S. The number of rotatable bonds is 16. The highest BCUT2D eigenvalue weighted by Gasteiger charge is 2.35. The minimum Gasteiger partial charge on any atom is -0.507 e. The molecule has 1 heterocycles. The number of ether oxygens (including phenoxy) is 3. The van der Waals surface area contributed by atoms with E-state index in [0.717, 1.165) is 100 Å². The average Bonchev–Trinajstić information content (AvgIpc) is 4.22. The zero-order chi connectivity index (χ0) is 56.0. The molecule has 6 aromatic rings. The monoisotopic (exact) mass is 1060 g/mol. The Kier molecular flexibility index (Phi) is 18.4. The molecule has 11 heteroatoms. The number of carbonyl (C=O) groups excluding carboxylic acids is 3. The van der Waals surface area contributed by atoms with E-state index in [1.165, 1.54) is 50.9 Å². The van der Waals surface area contributed by atoms with Gasteiger partial charge in [-0.15, -0.1) is 11.3 Å². The Bertz CT molecular complexity index is 3120. The maximum Gasteiger partial charge on any atom is 0.338 e. The molecule has 2 aliphatic carbocycles. The van der Waals surface area contributed by atoms with Gasteiger partial charge in [0.1, 0.15) is 28.7 Å². The van der Waals surface area contributed by atoms with Gasteiger partial charge in [0.25, 0.3) is 0 Å². The molecule has 4 N–H and O–H groups in total. The van der Waals surface area contributed by atoms with Crippen molar-refractivity contribution in [2.24, 2.45) is 0 Å². The van der Waals surface area contributed by atoms with Gasteiger partial charge in [0.2, 0.25) is 0 Å². The lowest BCUT2D eigenvalue weighted by molar-refractivity contribution is -0.132. The quantitative estimate of drug-likeness (QED) is 0.0318. The first-order chi connectivity index (χ1) is 36.6. The van der Waals surface area contributed by atoms with Gasteiger partial charge in [-0.2, -0.15) is 0 Å². The number of hydrogen-bond donors (Lipinski definition) is 4. The van der Waals surface area contributed by atoms with Crippen LogP contribution in [0.25, 0.3) is 0 Å². The summed E-state index contributed by atoms with van der Waals surface area (Å²) in [4.78, 5) is 37.4. The SMILES string of the molecule is C=C(C)C(=O)Oc1csc(C(c2cc(CC)cc(C)c2O)c2cc(CC)cc(C)c2O)c1OC(=O)C(=C)C.C=CC(=O)Oc1ccc(C(c2cc(C)cc(C3CCCC3)c2O)c2cc(C)cc(C3CCCC3)c2O)c(C)c1. The van der Waals surface area contributed by atoms with Crippen LogP contribution in [0.4, 0.5) is 0 Å². The Morgan fingerprint density at radius 3 is 1.47 bits per heavy atom. The standard InChI is InChI=1S/C35H40O4.C31H34O6S/c1-5-32(36)39-26-14-15-27(23(4)20-26)33(30-18-21(2)16-28(34(30)37)24-10-6-7-11-24)31-19-22(3)17-29(35(31)38)25-12-8-9-13-25;1-9-20-11-18(7)26(32)22(13-20)25(23-14-21(10-2)12-19(8)27(23)33)29-28(37-31(35)17(5)6)24(15-38-29)36-30(34)16(3)4/h5,14-20,24-25,33,37-38H,1,6-13H2,2-4H3;11-15,25,32-33H,3,5,9-10H2,1-2,4,6-8H3. The predicted octanol–water partition coefficient (Wildman–Crippen LogP) is 15.7. The maximum absolute atomic E-state index is 12.7. The summed E-state index contributed by atoms with van der Waals surface area (Å²) in [6, 6.07) is 21.6. The fraction of sp³-hybridized carbons (Fsp3) is 0.348. The third kappa shape index (κ3) is 12.7. The van der Waals surface area contributed by atoms with Crippen LogP contribution in [-0.2, 0) is 27.2 Å². The number of carbonyl (C=O) groups is 3. The van der Waals surface area contributed by atoms with Crippen LogP contribution in [0.2, 0.25) is 0 Å². The van der Waals surface area contributed by atoms with Crippen LogP contribution in [-0.4, -0.2) is 38.3 Å². The zero-order valence-corrected chi connectivity index (χ0v) is 47.0. The number of esters is 3. The van der Waals surface area contributed by atoms with Crippen molar-refractivity contribution in [2.45, 2.75) is 150 Å². The normalized spacial score (nSPS) is 13.6. The molecule has 0 spiro atoms. The van der Waals surface area contributed by atoms with Crippen LogP contribution in [0.1, 0.15) is 185 Å². The molecule has 8 rings (SSSR count). The molecule has 2 fully saturated rings. The van der Waals surface area contributed by atoms with Gasteiger partial charge in [0.05, 0.1) is 10.8 Å². The summed E-state index contributed by atoms with van der Waals surface area (Å²) in [6.45, 7) is 27.7. The maximum atomic E-state index is 12.7. The molecule has 0 aliphatic heterocycles. The van der Waals surface area contributed by atoms with Crippen molar-refractivity contribution in [1.29, 1.82) is 0 Å². The van der Waals surface area contributed by atoms with E-state index in [2.05, 4.69) is 57.8 Å². The molecule has 1 aromatic heterocycles. The number of aryl methyl sites for hydroxylation is 7. The van der Waals surface area contributed by atoms with Crippen LogP contribution in [0.5, 0.6) is 40.2 Å². The van der Waals surface area contributed by atoms with Crippen molar-refractivity contribution in [2.75, 3.05) is 0 Å². The van der Waals surface area contributed by atoms with E-state index in [0.29, 0.717) is 56.2 Å². The number of phenols is 4. The van der Waals surface area contributed by atoms with Crippen molar-refractivity contribution in [1.82, 2.24) is 0 Å². The largest absolute Gasteiger partial charge is 0.507 e. The molecule has 0 unspecified atom stereocenters. The third-order valence-electron chi connectivity index (χ3n) is 15.1. The fourth-order valence-electron chi connectivity index (χ4n) is 11.1. The van der Waals surface area contributed by atoms with Crippen LogP contribution < -0.4 is 14.2 Å². The number of aromatic hydroxyl groups is 4. The molecule has 5 aromatic carbocycles. The third-order valence-corrected chi connectivity index (χ3v) is 16.1. The van der Waals surface area contributed by atoms with Crippen LogP contribution in [0.3, 0.4) is 0 Å². The van der Waals surface area contributed by atoms with Gasteiger partial charge in [-0.25, -0.2) is 14.4 Å². The van der Waals surface area contributed by atoms with Gasteiger partial charge in [0.15, 0.2) is 11.5 Å². The molecule has 2 aliphatic rings. The van der Waals surface area contributed by atoms with Crippen LogP contribution in [0.15, 0.2) is 109 Å². The smallest absolute Gasteiger partial charge is 0.338 e. The summed E-state index contributed by atoms with van der Waals surface area (Å²) in [5.41, 5.74) is 12.5. The van der Waals surface area contributed by atoms with Crippen molar-refractivity contribution in [3.05, 3.63) is 192 Å². The second-order valence-electron chi connectivity index (χ2n) is 21.1. The van der Waals surface area contributed by atoms with E-state index in [9.17, 15) is 34.8 Å². The van der Waals surface area contributed by atoms with Gasteiger partial charge in [-0.1, -0.05) is 125 Å². The molecule has 404 valence electrons. The summed E-state index contributed by atoms with van der Waals surface area (Å²) in [5, 5.41) is 47.8. The summed E-state index contributed by atoms with van der Waals surface area (Å²) in [6.07, 6.45) is 11.7. The van der Waals surface area contributed by atoms with E-state index in [-0.39, 0.29) is 40.1 Å². The predicted molar refractivity (Wildman–Crippen MR) is 307 cm³/mol. The summed E-state index contributed by atoms with van der Waals surface area (Å²) in [5.74, 6) is -0.956. The van der Waals surface area contributed by atoms with Gasteiger partial charge >= 0.3 is 17.9 Å². The molecule has 0 bridgehead atoms. The van der Waals surface area contributed by atoms with E-state index >= 15 is 0 Å². The minimum atomic E-state index is -0.736. The van der Waals surface area contributed by atoms with Crippen LogP contribution >= 0.6 is 11.3 Å². The highest BCUT2D eigenvalue weighted by Crippen LogP contribution is 2.53. The van der Waals surface area contributed by atoms with Gasteiger partial charge in [-0.3, -0.25) is 0 Å². The van der Waals surface area contributed by atoms with E-state index in [1.807, 2.05) is 71.0 Å². The molecule has 10 nitrogen and oxygen atoms in total. The minimum absolute atomic E-state index is 0.0282. The van der Waals surface area contributed by atoms with Gasteiger partial charge in [0, 0.05) is 50.8 Å².